The number of nitrogens with one attached hydrogen (secondary N) is 1. The van der Waals surface area contributed by atoms with E-state index in [9.17, 15) is 0 Å². The van der Waals surface area contributed by atoms with Gasteiger partial charge in [-0.15, -0.1) is 0 Å². The van der Waals surface area contributed by atoms with E-state index in [0.29, 0.717) is 0 Å². The molecule has 0 amide bonds. The van der Waals surface area contributed by atoms with Crippen LogP contribution in [-0.4, -0.2) is 16.5 Å². The van der Waals surface area contributed by atoms with Crippen molar-refractivity contribution in [3.8, 4) is 0 Å². The zero-order chi connectivity index (χ0) is 13.1. The molecule has 0 saturated heterocycles. The van der Waals surface area contributed by atoms with E-state index in [1.807, 2.05) is 0 Å². The smallest absolute Gasteiger partial charge is 0.133 e. The van der Waals surface area contributed by atoms with Crippen LogP contribution in [0.5, 0.6) is 0 Å². The second kappa shape index (κ2) is 5.89. The van der Waals surface area contributed by atoms with E-state index >= 15 is 0 Å². The molecule has 0 aliphatic heterocycles. The van der Waals surface area contributed by atoms with Gasteiger partial charge in [0.15, 0.2) is 0 Å². The molecule has 2 aliphatic rings. The summed E-state index contributed by atoms with van der Waals surface area (Å²) in [6, 6.07) is 0. The normalized spacial score (nSPS) is 18.8. The molecule has 1 fully saturated rings. The first kappa shape index (κ1) is 12.9. The van der Waals surface area contributed by atoms with Gasteiger partial charge in [-0.2, -0.15) is 0 Å². The van der Waals surface area contributed by atoms with Crippen molar-refractivity contribution in [2.24, 2.45) is 5.92 Å². The Hall–Kier alpha value is -1.12. The lowest BCUT2D eigenvalue weighted by atomic mass is 10.1. The minimum absolute atomic E-state index is 0.864. The highest BCUT2D eigenvalue weighted by molar-refractivity contribution is 5.47. The molecule has 0 bridgehead atoms. The van der Waals surface area contributed by atoms with Crippen LogP contribution in [0.3, 0.4) is 0 Å². The van der Waals surface area contributed by atoms with Gasteiger partial charge in [0.1, 0.15) is 11.6 Å². The van der Waals surface area contributed by atoms with Crippen LogP contribution in [0.25, 0.3) is 0 Å². The van der Waals surface area contributed by atoms with Crippen LogP contribution in [0.4, 0.5) is 5.82 Å². The number of aromatic nitrogens is 2. The average molecular weight is 259 g/mol. The molecule has 0 radical (unpaired) electrons. The summed E-state index contributed by atoms with van der Waals surface area (Å²) in [4.78, 5) is 9.69. The number of hydrogen-bond acceptors (Lipinski definition) is 3. The van der Waals surface area contributed by atoms with Gasteiger partial charge in [0.25, 0.3) is 0 Å². The molecular weight excluding hydrogens is 234 g/mol. The van der Waals surface area contributed by atoms with Crippen LogP contribution < -0.4 is 5.32 Å². The maximum atomic E-state index is 4.87. The third kappa shape index (κ3) is 3.26. The highest BCUT2D eigenvalue weighted by Gasteiger charge is 2.24. The molecule has 0 unspecified atom stereocenters. The summed E-state index contributed by atoms with van der Waals surface area (Å²) >= 11 is 0. The molecular formula is C16H25N3. The molecule has 104 valence electrons. The number of hydrogen-bond donors (Lipinski definition) is 1. The van der Waals surface area contributed by atoms with Crippen LogP contribution in [0.2, 0.25) is 0 Å². The average Bonchev–Trinajstić information content (AvgIpc) is 3.22. The van der Waals surface area contributed by atoms with Crippen LogP contribution in [0.1, 0.15) is 62.5 Å². The lowest BCUT2D eigenvalue weighted by Crippen LogP contribution is -2.12. The zero-order valence-corrected chi connectivity index (χ0v) is 12.0. The van der Waals surface area contributed by atoms with Crippen molar-refractivity contribution in [3.05, 3.63) is 17.1 Å². The summed E-state index contributed by atoms with van der Waals surface area (Å²) in [6.45, 7) is 3.23. The Kier molecular flexibility index (Phi) is 4.00. The minimum atomic E-state index is 0.864. The fourth-order valence-electron chi connectivity index (χ4n) is 2.88. The van der Waals surface area contributed by atoms with Crippen molar-refractivity contribution in [1.29, 1.82) is 0 Å². The van der Waals surface area contributed by atoms with Crippen molar-refractivity contribution in [3.63, 3.8) is 0 Å². The fourth-order valence-corrected chi connectivity index (χ4v) is 2.88. The summed E-state index contributed by atoms with van der Waals surface area (Å²) in [6.07, 6.45) is 11.2. The van der Waals surface area contributed by atoms with E-state index in [1.54, 1.807) is 0 Å². The first-order chi connectivity index (χ1) is 9.36. The fraction of sp³-hybridized carbons (Fsp3) is 0.750. The molecule has 1 saturated carbocycles. The predicted octanol–water partition coefficient (Wildman–Crippen LogP) is 3.52. The van der Waals surface area contributed by atoms with Gasteiger partial charge in [0, 0.05) is 24.2 Å². The van der Waals surface area contributed by atoms with E-state index in [1.165, 1.54) is 43.4 Å². The van der Waals surface area contributed by atoms with Gasteiger partial charge in [-0.3, -0.25) is 0 Å². The van der Waals surface area contributed by atoms with Gasteiger partial charge in [-0.05, 0) is 50.9 Å². The van der Waals surface area contributed by atoms with Crippen LogP contribution in [0, 0.1) is 5.92 Å². The van der Waals surface area contributed by atoms with E-state index in [0.717, 1.165) is 49.8 Å². The minimum Gasteiger partial charge on any atom is -0.370 e. The molecule has 0 atom stereocenters. The van der Waals surface area contributed by atoms with Gasteiger partial charge in [0.05, 0.1) is 0 Å². The van der Waals surface area contributed by atoms with Crippen molar-refractivity contribution in [2.75, 3.05) is 11.9 Å². The maximum Gasteiger partial charge on any atom is 0.133 e. The molecule has 1 heterocycles. The lowest BCUT2D eigenvalue weighted by Gasteiger charge is -2.14. The molecule has 3 rings (SSSR count). The molecule has 3 heteroatoms. The summed E-state index contributed by atoms with van der Waals surface area (Å²) in [5.41, 5.74) is 2.74. The Morgan fingerprint density at radius 1 is 1.11 bits per heavy atom. The first-order valence-corrected chi connectivity index (χ1v) is 7.99. The Labute approximate surface area is 116 Å². The molecule has 1 aromatic rings. The standard InChI is InChI=1S/C16H25N3/c1-2-10-17-16-13-6-4-3-5-7-14(13)18-15(19-16)11-12-8-9-12/h12H,2-11H2,1H3,(H,17,18,19). The molecule has 1 aromatic heterocycles. The summed E-state index contributed by atoms with van der Waals surface area (Å²) < 4.78 is 0. The van der Waals surface area contributed by atoms with Crippen LogP contribution in [-0.2, 0) is 19.3 Å². The third-order valence-corrected chi connectivity index (χ3v) is 4.19. The van der Waals surface area contributed by atoms with E-state index < -0.39 is 0 Å². The Morgan fingerprint density at radius 3 is 2.74 bits per heavy atom. The van der Waals surface area contributed by atoms with Gasteiger partial charge < -0.3 is 5.32 Å². The van der Waals surface area contributed by atoms with Crippen molar-refractivity contribution in [1.82, 2.24) is 9.97 Å². The monoisotopic (exact) mass is 259 g/mol. The van der Waals surface area contributed by atoms with Gasteiger partial charge in [-0.1, -0.05) is 13.3 Å². The largest absolute Gasteiger partial charge is 0.370 e. The summed E-state index contributed by atoms with van der Waals surface area (Å²) in [5.74, 6) is 3.09. The Morgan fingerprint density at radius 2 is 1.95 bits per heavy atom. The van der Waals surface area contributed by atoms with Crippen molar-refractivity contribution in [2.45, 2.75) is 64.7 Å². The van der Waals surface area contributed by atoms with Gasteiger partial charge in [-0.25, -0.2) is 9.97 Å². The predicted molar refractivity (Wildman–Crippen MR) is 78.5 cm³/mol. The van der Waals surface area contributed by atoms with E-state index in [2.05, 4.69) is 12.2 Å². The number of anilines is 1. The van der Waals surface area contributed by atoms with Crippen LogP contribution in [0.15, 0.2) is 0 Å². The SMILES string of the molecule is CCCNc1nc(CC2CC2)nc2c1CCCCC2. The van der Waals surface area contributed by atoms with Crippen LogP contribution >= 0.6 is 0 Å². The maximum absolute atomic E-state index is 4.87. The number of aryl methyl sites for hydroxylation is 1. The Balaban J connectivity index is 1.88. The molecule has 0 aromatic carbocycles. The molecule has 3 nitrogen and oxygen atoms in total. The summed E-state index contributed by atoms with van der Waals surface area (Å²) in [7, 11) is 0. The highest BCUT2D eigenvalue weighted by atomic mass is 15.0. The zero-order valence-electron chi connectivity index (χ0n) is 12.0. The van der Waals surface area contributed by atoms with Gasteiger partial charge >= 0.3 is 0 Å². The number of nitrogens with zero attached hydrogens (tertiary/aromatic N) is 2. The quantitative estimate of drug-likeness (QED) is 0.822. The summed E-state index contributed by atoms with van der Waals surface area (Å²) in [5, 5.41) is 3.53. The van der Waals surface area contributed by atoms with Gasteiger partial charge in [0.2, 0.25) is 0 Å². The third-order valence-electron chi connectivity index (χ3n) is 4.19. The van der Waals surface area contributed by atoms with Crippen molar-refractivity contribution < 1.29 is 0 Å². The second-order valence-electron chi connectivity index (χ2n) is 6.05. The number of rotatable bonds is 5. The van der Waals surface area contributed by atoms with E-state index in [4.69, 9.17) is 9.97 Å². The topological polar surface area (TPSA) is 37.8 Å². The van der Waals surface area contributed by atoms with Crippen molar-refractivity contribution >= 4 is 5.82 Å². The molecule has 19 heavy (non-hydrogen) atoms. The molecule has 2 aliphatic carbocycles. The first-order valence-electron chi connectivity index (χ1n) is 7.99. The molecule has 0 spiro atoms. The van der Waals surface area contributed by atoms with E-state index in [-0.39, 0.29) is 0 Å². The lowest BCUT2D eigenvalue weighted by molar-refractivity contribution is 0.706. The second-order valence-corrected chi connectivity index (χ2v) is 6.05. The molecule has 1 N–H and O–H groups in total. The highest BCUT2D eigenvalue weighted by Crippen LogP contribution is 2.33. The number of fused-ring (bicyclic) bond motifs is 1. The Bertz CT molecular complexity index is 438.